The molecule has 3 aromatic rings. The molecule has 0 aliphatic carbocycles. The van der Waals surface area contributed by atoms with Crippen molar-refractivity contribution >= 4 is 23.7 Å². The minimum Gasteiger partial charge on any atom is -0.489 e. The topological polar surface area (TPSA) is 50.7 Å². The third kappa shape index (κ3) is 5.18. The van der Waals surface area contributed by atoms with Gasteiger partial charge in [0.1, 0.15) is 18.2 Å². The highest BCUT2D eigenvalue weighted by Crippen LogP contribution is 2.21. The van der Waals surface area contributed by atoms with E-state index in [0.717, 1.165) is 11.1 Å². The van der Waals surface area contributed by atoms with Crippen molar-refractivity contribution < 1.29 is 13.9 Å². The molecule has 0 radical (unpaired) electrons. The second-order valence-electron chi connectivity index (χ2n) is 6.12. The van der Waals surface area contributed by atoms with Gasteiger partial charge in [0.2, 0.25) is 0 Å². The van der Waals surface area contributed by atoms with E-state index >= 15 is 0 Å². The van der Waals surface area contributed by atoms with Gasteiger partial charge in [-0.05, 0) is 48.9 Å². The SMILES string of the molecule is Cc1ccc(/C=N\NC(=O)c2ccc(OCc3c(F)cccc3Cl)cc2)cc1. The zero-order chi connectivity index (χ0) is 19.9. The first-order chi connectivity index (χ1) is 13.5. The lowest BCUT2D eigenvalue weighted by molar-refractivity contribution is 0.0955. The van der Waals surface area contributed by atoms with E-state index in [0.29, 0.717) is 16.3 Å². The van der Waals surface area contributed by atoms with Gasteiger partial charge in [-0.15, -0.1) is 0 Å². The molecule has 3 rings (SSSR count). The van der Waals surface area contributed by atoms with E-state index in [9.17, 15) is 9.18 Å². The average molecular weight is 397 g/mol. The molecule has 0 aromatic heterocycles. The molecule has 1 N–H and O–H groups in total. The molecule has 6 heteroatoms. The number of amides is 1. The van der Waals surface area contributed by atoms with Crippen molar-refractivity contribution in [1.82, 2.24) is 5.43 Å². The largest absolute Gasteiger partial charge is 0.489 e. The molecule has 0 saturated heterocycles. The molecule has 4 nitrogen and oxygen atoms in total. The average Bonchev–Trinajstić information content (AvgIpc) is 2.69. The van der Waals surface area contributed by atoms with Gasteiger partial charge in [-0.3, -0.25) is 4.79 Å². The molecule has 0 unspecified atom stereocenters. The molecule has 1 amide bonds. The number of nitrogens with zero attached hydrogens (tertiary/aromatic N) is 1. The molecule has 0 spiro atoms. The van der Waals surface area contributed by atoms with Crippen LogP contribution in [0.25, 0.3) is 0 Å². The smallest absolute Gasteiger partial charge is 0.271 e. The maximum absolute atomic E-state index is 13.8. The van der Waals surface area contributed by atoms with E-state index in [1.54, 1.807) is 36.5 Å². The van der Waals surface area contributed by atoms with Crippen molar-refractivity contribution in [1.29, 1.82) is 0 Å². The Morgan fingerprint density at radius 2 is 1.82 bits per heavy atom. The highest BCUT2D eigenvalue weighted by Gasteiger charge is 2.08. The molecule has 0 saturated carbocycles. The van der Waals surface area contributed by atoms with Gasteiger partial charge >= 0.3 is 0 Å². The molecule has 28 heavy (non-hydrogen) atoms. The van der Waals surface area contributed by atoms with Gasteiger partial charge in [0.05, 0.1) is 11.2 Å². The number of carbonyl (C=O) groups excluding carboxylic acids is 1. The van der Waals surface area contributed by atoms with Crippen LogP contribution in [0.2, 0.25) is 5.02 Å². The molecular formula is C22H18ClFN2O2. The Hall–Kier alpha value is -3.18. The zero-order valence-electron chi connectivity index (χ0n) is 15.2. The van der Waals surface area contributed by atoms with Crippen LogP contribution in [0.1, 0.15) is 27.0 Å². The maximum atomic E-state index is 13.8. The summed E-state index contributed by atoms with van der Waals surface area (Å²) in [6.07, 6.45) is 1.58. The summed E-state index contributed by atoms with van der Waals surface area (Å²) in [7, 11) is 0. The zero-order valence-corrected chi connectivity index (χ0v) is 15.9. The van der Waals surface area contributed by atoms with Crippen LogP contribution in [0.5, 0.6) is 5.75 Å². The van der Waals surface area contributed by atoms with Crippen molar-refractivity contribution in [3.05, 3.63) is 99.8 Å². The Morgan fingerprint density at radius 1 is 1.11 bits per heavy atom. The number of benzene rings is 3. The van der Waals surface area contributed by atoms with Gasteiger partial charge in [0.25, 0.3) is 5.91 Å². The van der Waals surface area contributed by atoms with Crippen LogP contribution >= 0.6 is 11.6 Å². The van der Waals surface area contributed by atoms with Crippen LogP contribution in [-0.4, -0.2) is 12.1 Å². The Kier molecular flexibility index (Phi) is 6.40. The lowest BCUT2D eigenvalue weighted by atomic mass is 10.2. The second kappa shape index (κ2) is 9.15. The normalized spacial score (nSPS) is 10.8. The fourth-order valence-electron chi connectivity index (χ4n) is 2.41. The minimum atomic E-state index is -0.421. The van der Waals surface area contributed by atoms with Gasteiger partial charge in [-0.1, -0.05) is 47.5 Å². The van der Waals surface area contributed by atoms with Gasteiger partial charge in [0, 0.05) is 11.1 Å². The maximum Gasteiger partial charge on any atom is 0.271 e. The van der Waals surface area contributed by atoms with Gasteiger partial charge < -0.3 is 4.74 Å². The van der Waals surface area contributed by atoms with Crippen LogP contribution in [-0.2, 0) is 6.61 Å². The van der Waals surface area contributed by atoms with Crippen LogP contribution in [0.4, 0.5) is 4.39 Å². The van der Waals surface area contributed by atoms with Crippen LogP contribution in [0.15, 0.2) is 71.8 Å². The fourth-order valence-corrected chi connectivity index (χ4v) is 2.63. The van der Waals surface area contributed by atoms with E-state index in [1.165, 1.54) is 12.1 Å². The van der Waals surface area contributed by atoms with Crippen molar-refractivity contribution in [3.8, 4) is 5.75 Å². The van der Waals surface area contributed by atoms with Crippen molar-refractivity contribution in [3.63, 3.8) is 0 Å². The Morgan fingerprint density at radius 3 is 2.50 bits per heavy atom. The molecule has 0 fully saturated rings. The quantitative estimate of drug-likeness (QED) is 0.464. The van der Waals surface area contributed by atoms with E-state index < -0.39 is 5.82 Å². The Bertz CT molecular complexity index is 966. The Balaban J connectivity index is 1.56. The molecule has 0 bridgehead atoms. The summed E-state index contributed by atoms with van der Waals surface area (Å²) in [4.78, 5) is 12.1. The molecule has 142 valence electrons. The number of hydrogen-bond donors (Lipinski definition) is 1. The minimum absolute atomic E-state index is 0.00209. The number of hydrogen-bond acceptors (Lipinski definition) is 3. The van der Waals surface area contributed by atoms with Gasteiger partial charge in [-0.25, -0.2) is 9.82 Å². The second-order valence-corrected chi connectivity index (χ2v) is 6.53. The van der Waals surface area contributed by atoms with Crippen LogP contribution in [0, 0.1) is 12.7 Å². The van der Waals surface area contributed by atoms with Crippen molar-refractivity contribution in [2.45, 2.75) is 13.5 Å². The first-order valence-electron chi connectivity index (χ1n) is 8.59. The number of rotatable bonds is 6. The third-order valence-corrected chi connectivity index (χ3v) is 4.37. The highest BCUT2D eigenvalue weighted by atomic mass is 35.5. The van der Waals surface area contributed by atoms with E-state index in [1.807, 2.05) is 31.2 Å². The summed E-state index contributed by atoms with van der Waals surface area (Å²) >= 11 is 5.98. The number of halogens is 2. The van der Waals surface area contributed by atoms with Crippen molar-refractivity contribution in [2.75, 3.05) is 0 Å². The van der Waals surface area contributed by atoms with Gasteiger partial charge in [0.15, 0.2) is 0 Å². The molecule has 0 atom stereocenters. The number of carbonyl (C=O) groups is 1. The number of nitrogens with one attached hydrogen (secondary N) is 1. The van der Waals surface area contributed by atoms with Crippen molar-refractivity contribution in [2.24, 2.45) is 5.10 Å². The molecule has 0 aliphatic rings. The molecule has 0 heterocycles. The summed E-state index contributed by atoms with van der Waals surface area (Å²) in [5, 5.41) is 4.26. The first kappa shape index (κ1) is 19.6. The summed E-state index contributed by atoms with van der Waals surface area (Å²) in [6.45, 7) is 2.00. The van der Waals surface area contributed by atoms with Crippen LogP contribution in [0.3, 0.4) is 0 Å². The monoisotopic (exact) mass is 396 g/mol. The lowest BCUT2D eigenvalue weighted by Gasteiger charge is -2.09. The first-order valence-corrected chi connectivity index (χ1v) is 8.96. The number of ether oxygens (including phenoxy) is 1. The van der Waals surface area contributed by atoms with E-state index in [2.05, 4.69) is 10.5 Å². The highest BCUT2D eigenvalue weighted by molar-refractivity contribution is 6.31. The summed E-state index contributed by atoms with van der Waals surface area (Å²) in [6, 6.07) is 18.7. The summed E-state index contributed by atoms with van der Waals surface area (Å²) in [5.41, 5.74) is 5.24. The van der Waals surface area contributed by atoms with Crippen LogP contribution < -0.4 is 10.2 Å². The molecule has 0 aliphatic heterocycles. The fraction of sp³-hybridized carbons (Fsp3) is 0.0909. The predicted octanol–water partition coefficient (Wildman–Crippen LogP) is 5.13. The van der Waals surface area contributed by atoms with E-state index in [-0.39, 0.29) is 18.1 Å². The third-order valence-electron chi connectivity index (χ3n) is 4.02. The molecular weight excluding hydrogens is 379 g/mol. The van der Waals surface area contributed by atoms with E-state index in [4.69, 9.17) is 16.3 Å². The standard InChI is InChI=1S/C22H18ClFN2O2/c1-15-5-7-16(8-6-15)13-25-26-22(27)17-9-11-18(12-10-17)28-14-19-20(23)3-2-4-21(19)24/h2-13H,14H2,1H3,(H,26,27)/b25-13-. The lowest BCUT2D eigenvalue weighted by Crippen LogP contribution is -2.17. The predicted molar refractivity (Wildman–Crippen MR) is 108 cm³/mol. The Labute approximate surface area is 167 Å². The number of hydrazone groups is 1. The summed E-state index contributed by atoms with van der Waals surface area (Å²) < 4.78 is 19.3. The van der Waals surface area contributed by atoms with Gasteiger partial charge in [-0.2, -0.15) is 5.10 Å². The summed E-state index contributed by atoms with van der Waals surface area (Å²) in [5.74, 6) is -0.263. The number of aryl methyl sites for hydroxylation is 1. The molecule has 3 aromatic carbocycles.